The number of rotatable bonds is 44. The van der Waals surface area contributed by atoms with E-state index in [1.165, 1.54) is 68.4 Å². The number of aromatic hydroxyl groups is 4. The number of aliphatic hydroxyl groups excluding tert-OH is 1. The van der Waals surface area contributed by atoms with Gasteiger partial charge in [0.1, 0.15) is 23.0 Å². The summed E-state index contributed by atoms with van der Waals surface area (Å²) in [4.78, 5) is 105. The Bertz CT molecular complexity index is 2830. The van der Waals surface area contributed by atoms with E-state index < -0.39 is 11.5 Å². The second kappa shape index (κ2) is 54.8. The van der Waals surface area contributed by atoms with Gasteiger partial charge in [0.15, 0.2) is 25.1 Å². The quantitative estimate of drug-likeness (QED) is 0.00489. The molecule has 0 saturated carbocycles. The van der Waals surface area contributed by atoms with Gasteiger partial charge in [-0.2, -0.15) is 20.4 Å². The lowest BCUT2D eigenvalue weighted by atomic mass is 9.95. The molecule has 538 valence electrons. The second-order valence-electron chi connectivity index (χ2n) is 23.4. The Morgan fingerprint density at radius 1 is 0.316 bits per heavy atom. The first-order valence-electron chi connectivity index (χ1n) is 34.6. The number of unbranched alkanes of at least 4 members (excludes halogenated alkanes) is 20. The Kier molecular flexibility index (Phi) is 48.5. The lowest BCUT2D eigenvalue weighted by Gasteiger charge is -2.12. The Morgan fingerprint density at radius 3 is 0.673 bits per heavy atom. The average Bonchev–Trinajstić information content (AvgIpc) is 0.803. The predicted molar refractivity (Wildman–Crippen MR) is 387 cm³/mol. The number of nitrogens with one attached hydrogen (secondary N) is 5. The zero-order chi connectivity index (χ0) is 72.7. The van der Waals surface area contributed by atoms with Crippen LogP contribution in [0.5, 0.6) is 23.0 Å². The smallest absolute Gasteiger partial charge is 0.240 e. The maximum Gasteiger partial charge on any atom is 0.240 e. The van der Waals surface area contributed by atoms with Gasteiger partial charge in [-0.05, 0) is 110 Å². The molecule has 98 heavy (non-hydrogen) atoms. The van der Waals surface area contributed by atoms with E-state index in [9.17, 15) is 63.6 Å². The maximum absolute atomic E-state index is 12.5. The molecule has 0 unspecified atom stereocenters. The third-order valence-electron chi connectivity index (χ3n) is 15.1. The normalized spacial score (nSPS) is 10.9. The van der Waals surface area contributed by atoms with Gasteiger partial charge in [0, 0.05) is 61.0 Å². The van der Waals surface area contributed by atoms with Gasteiger partial charge in [-0.25, -0.2) is 27.5 Å². The molecule has 0 heterocycles. The number of hydrogen-bond acceptors (Lipinski definition) is 19. The van der Waals surface area contributed by atoms with Crippen LogP contribution in [-0.4, -0.2) is 112 Å². The van der Waals surface area contributed by atoms with Gasteiger partial charge < -0.3 is 25.5 Å². The van der Waals surface area contributed by atoms with Crippen molar-refractivity contribution in [3.8, 4) is 45.3 Å². The number of aldehydes is 4. The highest BCUT2D eigenvalue weighted by Gasteiger charge is 2.17. The van der Waals surface area contributed by atoms with Crippen molar-refractivity contribution in [1.82, 2.24) is 27.1 Å². The maximum atomic E-state index is 12.5. The number of nitrogens with two attached hydrogens (primary N) is 1. The summed E-state index contributed by atoms with van der Waals surface area (Å²) in [6.45, 7) is 12.6. The van der Waals surface area contributed by atoms with Crippen molar-refractivity contribution in [2.45, 2.75) is 234 Å². The molecule has 0 bridgehead atoms. The molecule has 24 nitrogen and oxygen atoms in total. The zero-order valence-electron chi connectivity index (χ0n) is 58.4. The number of carbonyl (C=O) groups excluding carboxylic acids is 9. The number of benzene rings is 4. The standard InChI is InChI=1S/C48H74N8O6.C16H10O6.C8H18N2O.C2H6O/c1-5-9-13-17-21-25-43(57)53-49-33-39-29-37(30-40(47(39)61)34-50-54-44(58)26-22-18-14-10-6-2)38-31-41(35-51-55-45(59)27-23-19-15-11-7-3)48(62)42(32-38)36-52-56-46(60)28-24-20-16-12-8-4;17-5-11-1-9(2-12(6-18)15(11)21)10-3-13(7-19)16(22)14(4-10)8-20;1-2-3-4-5-6-7-8(11)10-9;1-2-3/h29-36,61-62H,5-28H2,1-4H3,(H,53,57)(H,54,58)(H,55,59)(H,56,60);1-8,21-22H;2-7,9H2,1H3,(H,10,11);3H,2H2,1H3/b49-33+,50-34+,51-35+,52-36+;;;. The van der Waals surface area contributed by atoms with Crippen molar-refractivity contribution in [3.63, 3.8) is 0 Å². The number of amides is 5. The minimum Gasteiger partial charge on any atom is -0.507 e. The van der Waals surface area contributed by atoms with Gasteiger partial charge in [-0.3, -0.25) is 48.6 Å². The first-order chi connectivity index (χ1) is 47.4. The molecule has 0 aliphatic rings. The topological polar surface area (TPSA) is 390 Å². The Hall–Kier alpha value is -9.29. The van der Waals surface area contributed by atoms with Gasteiger partial charge in [0.2, 0.25) is 29.5 Å². The van der Waals surface area contributed by atoms with E-state index >= 15 is 0 Å². The van der Waals surface area contributed by atoms with Gasteiger partial charge in [0.05, 0.1) is 47.1 Å². The van der Waals surface area contributed by atoms with E-state index in [0.717, 1.165) is 141 Å². The fraction of sp³-hybridized carbons (Fsp3) is 0.500. The van der Waals surface area contributed by atoms with Crippen LogP contribution in [0.3, 0.4) is 0 Å². The number of hydrazine groups is 1. The molecular weight excluding hydrogens is 1250 g/mol. The second-order valence-corrected chi connectivity index (χ2v) is 23.4. The van der Waals surface area contributed by atoms with Crippen LogP contribution < -0.4 is 33.0 Å². The van der Waals surface area contributed by atoms with Crippen molar-refractivity contribution in [3.05, 3.63) is 93.0 Å². The number of nitrogens with zero attached hydrogens (tertiary/aromatic N) is 4. The summed E-state index contributed by atoms with van der Waals surface area (Å²) in [5, 5.41) is 66.2. The summed E-state index contributed by atoms with van der Waals surface area (Å²) in [7, 11) is 0. The van der Waals surface area contributed by atoms with E-state index in [0.29, 0.717) is 79.5 Å². The van der Waals surface area contributed by atoms with E-state index in [4.69, 9.17) is 10.9 Å². The monoisotopic (exact) mass is 1360 g/mol. The summed E-state index contributed by atoms with van der Waals surface area (Å²) >= 11 is 0. The molecular formula is C74H108N10O14. The zero-order valence-corrected chi connectivity index (χ0v) is 58.4. The molecule has 0 fully saturated rings. The molecule has 0 atom stereocenters. The third kappa shape index (κ3) is 36.7. The SMILES string of the molecule is CCCCCCCC(=O)N/N=C/c1cc(-c2cc(/C=N/NC(=O)CCCCCCC)c(O)c(/C=N/NC(=O)CCCCCCC)c2)cc(/C=N/NC(=O)CCCCCCC)c1O.CCCCCCCC(=O)NN.CCO.O=Cc1cc(-c2cc(C=O)c(O)c(C=O)c2)cc(C=O)c1O. The van der Waals surface area contributed by atoms with Crippen LogP contribution in [-0.2, 0) is 24.0 Å². The van der Waals surface area contributed by atoms with Gasteiger partial charge in [0.25, 0.3) is 0 Å². The average molecular weight is 1360 g/mol. The minimum atomic E-state index is -0.446. The Morgan fingerprint density at radius 2 is 0.490 bits per heavy atom. The molecule has 24 heteroatoms. The fourth-order valence-corrected chi connectivity index (χ4v) is 9.58. The van der Waals surface area contributed by atoms with Gasteiger partial charge in [-0.15, -0.1) is 0 Å². The molecule has 0 saturated heterocycles. The molecule has 5 amide bonds. The summed E-state index contributed by atoms with van der Waals surface area (Å²) in [6, 6.07) is 11.8. The molecule has 0 aliphatic heterocycles. The van der Waals surface area contributed by atoms with E-state index in [1.54, 1.807) is 31.2 Å². The number of carbonyl (C=O) groups is 9. The number of hydrogen-bond donors (Lipinski definition) is 11. The van der Waals surface area contributed by atoms with Gasteiger partial charge >= 0.3 is 0 Å². The van der Waals surface area contributed by atoms with Crippen LogP contribution in [0.15, 0.2) is 68.9 Å². The van der Waals surface area contributed by atoms with Crippen LogP contribution >= 0.6 is 0 Å². The molecule has 0 aromatic heterocycles. The van der Waals surface area contributed by atoms with E-state index in [2.05, 4.69) is 82.2 Å². The van der Waals surface area contributed by atoms with Crippen molar-refractivity contribution in [1.29, 1.82) is 0 Å². The molecule has 4 rings (SSSR count). The van der Waals surface area contributed by atoms with Gasteiger partial charge in [-0.1, -0.05) is 163 Å². The number of hydrazone groups is 4. The van der Waals surface area contributed by atoms with Crippen LogP contribution in [0.4, 0.5) is 0 Å². The summed E-state index contributed by atoms with van der Waals surface area (Å²) in [5.74, 6) is 2.60. The lowest BCUT2D eigenvalue weighted by molar-refractivity contribution is -0.122. The van der Waals surface area contributed by atoms with Crippen molar-refractivity contribution in [2.75, 3.05) is 6.61 Å². The van der Waals surface area contributed by atoms with Crippen molar-refractivity contribution in [2.24, 2.45) is 26.2 Å². The number of phenols is 4. The molecule has 4 aromatic rings. The third-order valence-corrected chi connectivity index (χ3v) is 15.1. The Labute approximate surface area is 578 Å². The fourth-order valence-electron chi connectivity index (χ4n) is 9.58. The number of aliphatic hydroxyl groups is 1. The highest BCUT2D eigenvalue weighted by molar-refractivity contribution is 5.99. The molecule has 0 aliphatic carbocycles. The summed E-state index contributed by atoms with van der Waals surface area (Å²) in [5.41, 5.74) is 14.6. The van der Waals surface area contributed by atoms with Crippen molar-refractivity contribution < 1.29 is 68.7 Å². The number of phenolic OH excluding ortho intramolecular Hbond substituents is 4. The highest BCUT2D eigenvalue weighted by Crippen LogP contribution is 2.34. The highest BCUT2D eigenvalue weighted by atomic mass is 16.3. The van der Waals surface area contributed by atoms with Crippen LogP contribution in [0.25, 0.3) is 22.3 Å². The molecule has 12 N–H and O–H groups in total. The Balaban J connectivity index is 0.00000107. The molecule has 0 radical (unpaired) electrons. The summed E-state index contributed by atoms with van der Waals surface area (Å²) < 4.78 is 0. The summed E-state index contributed by atoms with van der Waals surface area (Å²) in [6.07, 6.45) is 34.6. The van der Waals surface area contributed by atoms with E-state index in [1.807, 2.05) is 0 Å². The van der Waals surface area contributed by atoms with Crippen molar-refractivity contribution >= 4 is 79.5 Å². The first kappa shape index (κ1) is 86.7. The van der Waals surface area contributed by atoms with Crippen LogP contribution in [0.1, 0.15) is 298 Å². The lowest BCUT2D eigenvalue weighted by Crippen LogP contribution is -2.29. The first-order valence-corrected chi connectivity index (χ1v) is 34.6. The minimum absolute atomic E-state index is 0.0542. The van der Waals surface area contributed by atoms with Crippen LogP contribution in [0.2, 0.25) is 0 Å². The van der Waals surface area contributed by atoms with E-state index in [-0.39, 0.29) is 92.1 Å². The molecule has 4 aromatic carbocycles. The molecule has 0 spiro atoms. The van der Waals surface area contributed by atoms with Crippen LogP contribution in [0, 0.1) is 0 Å². The predicted octanol–water partition coefficient (Wildman–Crippen LogP) is 13.4. The largest absolute Gasteiger partial charge is 0.507 e.